The van der Waals surface area contributed by atoms with Gasteiger partial charge in [-0.15, -0.1) is 0 Å². The van der Waals surface area contributed by atoms with E-state index in [2.05, 4.69) is 39.1 Å². The predicted molar refractivity (Wildman–Crippen MR) is 125 cm³/mol. The minimum Gasteiger partial charge on any atom is -0.482 e. The van der Waals surface area contributed by atoms with E-state index in [-0.39, 0.29) is 23.8 Å². The number of anilines is 1. The van der Waals surface area contributed by atoms with Crippen LogP contribution < -0.4 is 15.0 Å². The van der Waals surface area contributed by atoms with Crippen molar-refractivity contribution >= 4 is 17.5 Å². The Balaban J connectivity index is 1.75. The maximum absolute atomic E-state index is 12.7. The van der Waals surface area contributed by atoms with Gasteiger partial charge in [0.15, 0.2) is 6.61 Å². The Morgan fingerprint density at radius 3 is 2.65 bits per heavy atom. The number of fused-ring (bicyclic) bond motifs is 1. The van der Waals surface area contributed by atoms with Crippen molar-refractivity contribution in [1.82, 2.24) is 5.32 Å². The van der Waals surface area contributed by atoms with Crippen molar-refractivity contribution in [3.63, 3.8) is 0 Å². The molecule has 2 aromatic rings. The number of hydrogen-bond acceptors (Lipinski definition) is 3. The van der Waals surface area contributed by atoms with E-state index in [1.165, 1.54) is 12.8 Å². The Morgan fingerprint density at radius 1 is 1.10 bits per heavy atom. The number of nitrogens with zero attached hydrogens (tertiary/aromatic N) is 1. The van der Waals surface area contributed by atoms with E-state index in [0.717, 1.165) is 29.7 Å². The highest BCUT2D eigenvalue weighted by molar-refractivity contribution is 5.98. The van der Waals surface area contributed by atoms with Crippen LogP contribution >= 0.6 is 0 Å². The molecule has 2 amide bonds. The molecule has 0 unspecified atom stereocenters. The van der Waals surface area contributed by atoms with E-state index in [1.807, 2.05) is 36.4 Å². The van der Waals surface area contributed by atoms with Gasteiger partial charge < -0.3 is 15.0 Å². The van der Waals surface area contributed by atoms with Crippen LogP contribution in [-0.2, 0) is 16.8 Å². The van der Waals surface area contributed by atoms with Crippen molar-refractivity contribution < 1.29 is 14.3 Å². The van der Waals surface area contributed by atoms with Crippen molar-refractivity contribution in [2.24, 2.45) is 0 Å². The molecule has 0 saturated heterocycles. The number of ether oxygens (including phenoxy) is 1. The number of carbonyl (C=O) groups excluding carboxylic acids is 2. The lowest BCUT2D eigenvalue weighted by atomic mass is 9.86. The summed E-state index contributed by atoms with van der Waals surface area (Å²) >= 11 is 0. The Kier molecular flexibility index (Phi) is 7.37. The largest absolute Gasteiger partial charge is 0.482 e. The van der Waals surface area contributed by atoms with Crippen LogP contribution in [0.3, 0.4) is 0 Å². The third-order valence-electron chi connectivity index (χ3n) is 5.61. The zero-order valence-electron chi connectivity index (χ0n) is 19.2. The fourth-order valence-electron chi connectivity index (χ4n) is 3.69. The first-order chi connectivity index (χ1) is 14.8. The molecule has 5 heteroatoms. The van der Waals surface area contributed by atoms with Gasteiger partial charge in [-0.25, -0.2) is 0 Å². The van der Waals surface area contributed by atoms with Gasteiger partial charge >= 0.3 is 0 Å². The third kappa shape index (κ3) is 5.87. The van der Waals surface area contributed by atoms with Gasteiger partial charge in [0.1, 0.15) is 5.75 Å². The molecule has 0 spiro atoms. The summed E-state index contributed by atoms with van der Waals surface area (Å²) in [5, 5.41) is 3.00. The summed E-state index contributed by atoms with van der Waals surface area (Å²) in [6.45, 7) is 9.73. The van der Waals surface area contributed by atoms with E-state index < -0.39 is 0 Å². The second-order valence-electron chi connectivity index (χ2n) is 9.22. The molecule has 2 aromatic carbocycles. The van der Waals surface area contributed by atoms with Gasteiger partial charge in [0, 0.05) is 12.1 Å². The standard InChI is InChI=1S/C26H34N2O3/c1-5-6-7-8-14-27-25(30)20-11-9-10-19(15-20)17-28-22-16-21(26(2,3)4)12-13-23(22)31-18-24(28)29/h9-13,15-16H,5-8,14,17-18H2,1-4H3,(H,27,30). The Hall–Kier alpha value is -2.82. The number of rotatable bonds is 8. The average molecular weight is 423 g/mol. The summed E-state index contributed by atoms with van der Waals surface area (Å²) < 4.78 is 5.65. The summed E-state index contributed by atoms with van der Waals surface area (Å²) in [6.07, 6.45) is 4.49. The lowest BCUT2D eigenvalue weighted by Crippen LogP contribution is -2.38. The molecule has 5 nitrogen and oxygen atoms in total. The van der Waals surface area contributed by atoms with Crippen LogP contribution in [0.5, 0.6) is 5.75 Å². The molecule has 0 radical (unpaired) electrons. The topological polar surface area (TPSA) is 58.6 Å². The Morgan fingerprint density at radius 2 is 1.90 bits per heavy atom. The Bertz CT molecular complexity index is 930. The summed E-state index contributed by atoms with van der Waals surface area (Å²) in [5.74, 6) is 0.569. The smallest absolute Gasteiger partial charge is 0.265 e. The van der Waals surface area contributed by atoms with Crippen molar-refractivity contribution in [3.05, 3.63) is 59.2 Å². The molecule has 1 heterocycles. The van der Waals surface area contributed by atoms with Gasteiger partial charge in [-0.2, -0.15) is 0 Å². The first kappa shape index (κ1) is 22.9. The van der Waals surface area contributed by atoms with Crippen LogP contribution in [0.25, 0.3) is 0 Å². The van der Waals surface area contributed by atoms with Crippen molar-refractivity contribution in [2.45, 2.75) is 65.3 Å². The molecular weight excluding hydrogens is 388 g/mol. The zero-order chi connectivity index (χ0) is 22.4. The molecule has 0 aliphatic carbocycles. The molecule has 31 heavy (non-hydrogen) atoms. The maximum Gasteiger partial charge on any atom is 0.265 e. The van der Waals surface area contributed by atoms with Crippen LogP contribution in [0.4, 0.5) is 5.69 Å². The van der Waals surface area contributed by atoms with Crippen LogP contribution in [0, 0.1) is 0 Å². The second-order valence-corrected chi connectivity index (χ2v) is 9.22. The molecule has 0 saturated carbocycles. The quantitative estimate of drug-likeness (QED) is 0.594. The first-order valence-corrected chi connectivity index (χ1v) is 11.2. The van der Waals surface area contributed by atoms with Crippen molar-refractivity contribution in [3.8, 4) is 5.75 Å². The van der Waals surface area contributed by atoms with E-state index in [1.54, 1.807) is 4.90 Å². The summed E-state index contributed by atoms with van der Waals surface area (Å²) in [5.41, 5.74) is 3.44. The predicted octanol–water partition coefficient (Wildman–Crippen LogP) is 5.22. The third-order valence-corrected chi connectivity index (χ3v) is 5.61. The molecule has 0 atom stereocenters. The highest BCUT2D eigenvalue weighted by Gasteiger charge is 2.27. The van der Waals surface area contributed by atoms with Gasteiger partial charge in [-0.3, -0.25) is 9.59 Å². The van der Waals surface area contributed by atoms with Crippen LogP contribution in [0.15, 0.2) is 42.5 Å². The monoisotopic (exact) mass is 422 g/mol. The molecule has 1 N–H and O–H groups in total. The van der Waals surface area contributed by atoms with E-state index in [0.29, 0.717) is 24.4 Å². The molecule has 0 aromatic heterocycles. The highest BCUT2D eigenvalue weighted by Crippen LogP contribution is 2.37. The van der Waals surface area contributed by atoms with Gasteiger partial charge in [0.2, 0.25) is 0 Å². The van der Waals surface area contributed by atoms with Crippen LogP contribution in [0.2, 0.25) is 0 Å². The van der Waals surface area contributed by atoms with Gasteiger partial charge in [0.05, 0.1) is 12.2 Å². The first-order valence-electron chi connectivity index (χ1n) is 11.2. The van der Waals surface area contributed by atoms with Crippen molar-refractivity contribution in [2.75, 3.05) is 18.1 Å². The number of benzene rings is 2. The fraction of sp³-hybridized carbons (Fsp3) is 0.462. The lowest BCUT2D eigenvalue weighted by Gasteiger charge is -2.31. The van der Waals surface area contributed by atoms with Crippen molar-refractivity contribution in [1.29, 1.82) is 0 Å². The molecule has 0 fully saturated rings. The van der Waals surface area contributed by atoms with E-state index in [9.17, 15) is 9.59 Å². The molecule has 3 rings (SSSR count). The van der Waals surface area contributed by atoms with E-state index in [4.69, 9.17) is 4.74 Å². The fourth-order valence-corrected chi connectivity index (χ4v) is 3.69. The summed E-state index contributed by atoms with van der Waals surface area (Å²) in [4.78, 5) is 27.0. The molecular formula is C26H34N2O3. The molecule has 166 valence electrons. The molecule has 1 aliphatic rings. The normalized spacial score (nSPS) is 13.5. The molecule has 0 bridgehead atoms. The summed E-state index contributed by atoms with van der Waals surface area (Å²) in [7, 11) is 0. The number of nitrogens with one attached hydrogen (secondary N) is 1. The SMILES string of the molecule is CCCCCCNC(=O)c1cccc(CN2C(=O)COc3ccc(C(C)(C)C)cc32)c1. The van der Waals surface area contributed by atoms with Crippen LogP contribution in [-0.4, -0.2) is 25.0 Å². The zero-order valence-corrected chi connectivity index (χ0v) is 19.2. The lowest BCUT2D eigenvalue weighted by molar-refractivity contribution is -0.121. The van der Waals surface area contributed by atoms with Gasteiger partial charge in [-0.1, -0.05) is 65.2 Å². The van der Waals surface area contributed by atoms with E-state index >= 15 is 0 Å². The number of amides is 2. The minimum absolute atomic E-state index is 0.0276. The maximum atomic E-state index is 12.7. The molecule has 1 aliphatic heterocycles. The Labute approximate surface area is 185 Å². The number of hydrogen-bond donors (Lipinski definition) is 1. The van der Waals surface area contributed by atoms with Gasteiger partial charge in [0.25, 0.3) is 11.8 Å². The average Bonchev–Trinajstić information content (AvgIpc) is 2.74. The highest BCUT2D eigenvalue weighted by atomic mass is 16.5. The second kappa shape index (κ2) is 9.99. The number of carbonyl (C=O) groups is 2. The van der Waals surface area contributed by atoms with Crippen LogP contribution in [0.1, 0.15) is 74.9 Å². The minimum atomic E-state index is -0.0793. The number of unbranched alkanes of at least 4 members (excludes halogenated alkanes) is 3. The summed E-state index contributed by atoms with van der Waals surface area (Å²) in [6, 6.07) is 13.6. The van der Waals surface area contributed by atoms with Gasteiger partial charge in [-0.05, 0) is 47.2 Å².